The summed E-state index contributed by atoms with van der Waals surface area (Å²) in [5, 5.41) is 2.82. The lowest BCUT2D eigenvalue weighted by Crippen LogP contribution is -2.23. The SMILES string of the molecule is O=C(NCc1cccc(CCl)c1)c1ccc(F)cc1I. The van der Waals surface area contributed by atoms with Gasteiger partial charge in [-0.05, 0) is 51.9 Å². The first kappa shape index (κ1) is 15.3. The Kier molecular flexibility index (Phi) is 5.37. The lowest BCUT2D eigenvalue weighted by Gasteiger charge is -2.08. The minimum absolute atomic E-state index is 0.217. The van der Waals surface area contributed by atoms with E-state index in [1.807, 2.05) is 46.9 Å². The molecule has 2 rings (SSSR count). The van der Waals surface area contributed by atoms with Gasteiger partial charge in [0.05, 0.1) is 5.56 Å². The maximum atomic E-state index is 13.0. The van der Waals surface area contributed by atoms with Gasteiger partial charge in [-0.3, -0.25) is 4.79 Å². The van der Waals surface area contributed by atoms with E-state index in [0.29, 0.717) is 21.6 Å². The molecule has 5 heteroatoms. The molecule has 0 unspecified atom stereocenters. The second kappa shape index (κ2) is 7.04. The van der Waals surface area contributed by atoms with Gasteiger partial charge in [0.1, 0.15) is 5.82 Å². The molecule has 0 heterocycles. The van der Waals surface area contributed by atoms with Gasteiger partial charge < -0.3 is 5.32 Å². The molecule has 1 N–H and O–H groups in total. The Morgan fingerprint density at radius 2 is 1.95 bits per heavy atom. The summed E-state index contributed by atoms with van der Waals surface area (Å²) in [7, 11) is 0. The monoisotopic (exact) mass is 403 g/mol. The number of rotatable bonds is 4. The van der Waals surface area contributed by atoms with Crippen molar-refractivity contribution in [1.82, 2.24) is 5.32 Å². The van der Waals surface area contributed by atoms with Crippen LogP contribution < -0.4 is 5.32 Å². The summed E-state index contributed by atoms with van der Waals surface area (Å²) in [4.78, 5) is 12.0. The zero-order valence-electron chi connectivity index (χ0n) is 10.5. The second-order valence-electron chi connectivity index (χ2n) is 4.26. The third-order valence-corrected chi connectivity index (χ3v) is 3.98. The summed E-state index contributed by atoms with van der Waals surface area (Å²) in [6, 6.07) is 11.8. The van der Waals surface area contributed by atoms with E-state index in [1.54, 1.807) is 0 Å². The van der Waals surface area contributed by atoms with Gasteiger partial charge in [0, 0.05) is 16.0 Å². The van der Waals surface area contributed by atoms with E-state index in [2.05, 4.69) is 5.32 Å². The summed E-state index contributed by atoms with van der Waals surface area (Å²) in [5.74, 6) is -0.121. The highest BCUT2D eigenvalue weighted by atomic mass is 127. The van der Waals surface area contributed by atoms with Crippen molar-refractivity contribution in [1.29, 1.82) is 0 Å². The first-order valence-corrected chi connectivity index (χ1v) is 7.58. The molecule has 0 aliphatic rings. The average molecular weight is 404 g/mol. The summed E-state index contributed by atoms with van der Waals surface area (Å²) < 4.78 is 13.6. The first-order chi connectivity index (χ1) is 9.60. The fraction of sp³-hybridized carbons (Fsp3) is 0.133. The lowest BCUT2D eigenvalue weighted by molar-refractivity contribution is 0.0950. The van der Waals surface area contributed by atoms with Gasteiger partial charge in [0.2, 0.25) is 0 Å². The summed E-state index contributed by atoms with van der Waals surface area (Å²) >= 11 is 7.72. The Hall–Kier alpha value is -1.14. The standard InChI is InChI=1S/C15H12ClFINO/c16-8-10-2-1-3-11(6-10)9-19-15(20)13-5-4-12(17)7-14(13)18/h1-7H,8-9H2,(H,19,20). The number of amides is 1. The van der Waals surface area contributed by atoms with Gasteiger partial charge >= 0.3 is 0 Å². The highest BCUT2D eigenvalue weighted by Gasteiger charge is 2.10. The molecule has 0 bridgehead atoms. The number of hydrogen-bond acceptors (Lipinski definition) is 1. The van der Waals surface area contributed by atoms with Crippen molar-refractivity contribution in [3.05, 3.63) is 68.5 Å². The molecule has 20 heavy (non-hydrogen) atoms. The molecule has 0 saturated carbocycles. The van der Waals surface area contributed by atoms with Crippen molar-refractivity contribution in [2.24, 2.45) is 0 Å². The van der Waals surface area contributed by atoms with Crippen LogP contribution in [0.15, 0.2) is 42.5 Å². The quantitative estimate of drug-likeness (QED) is 0.604. The Labute approximate surface area is 135 Å². The minimum Gasteiger partial charge on any atom is -0.348 e. The van der Waals surface area contributed by atoms with Crippen LogP contribution in [0.3, 0.4) is 0 Å². The molecule has 1 amide bonds. The molecule has 0 spiro atoms. The Morgan fingerprint density at radius 1 is 1.20 bits per heavy atom. The van der Waals surface area contributed by atoms with Crippen LogP contribution in [0, 0.1) is 9.39 Å². The van der Waals surface area contributed by atoms with E-state index < -0.39 is 0 Å². The molecule has 0 atom stereocenters. The van der Waals surface area contributed by atoms with Gasteiger partial charge in [-0.2, -0.15) is 0 Å². The van der Waals surface area contributed by atoms with E-state index in [0.717, 1.165) is 11.1 Å². The lowest BCUT2D eigenvalue weighted by atomic mass is 10.1. The zero-order valence-corrected chi connectivity index (χ0v) is 13.4. The predicted octanol–water partition coefficient (Wildman–Crippen LogP) is 4.10. The molecule has 0 aliphatic heterocycles. The van der Waals surface area contributed by atoms with Crippen molar-refractivity contribution in [3.63, 3.8) is 0 Å². The summed E-state index contributed by atoms with van der Waals surface area (Å²) in [6.07, 6.45) is 0. The topological polar surface area (TPSA) is 29.1 Å². The van der Waals surface area contributed by atoms with Crippen molar-refractivity contribution < 1.29 is 9.18 Å². The van der Waals surface area contributed by atoms with Crippen molar-refractivity contribution in [2.75, 3.05) is 0 Å². The van der Waals surface area contributed by atoms with E-state index in [-0.39, 0.29) is 11.7 Å². The molecule has 0 aromatic heterocycles. The molecular weight excluding hydrogens is 392 g/mol. The van der Waals surface area contributed by atoms with E-state index >= 15 is 0 Å². The van der Waals surface area contributed by atoms with Crippen LogP contribution >= 0.6 is 34.2 Å². The zero-order chi connectivity index (χ0) is 14.5. The molecule has 0 saturated heterocycles. The van der Waals surface area contributed by atoms with Crippen molar-refractivity contribution in [2.45, 2.75) is 12.4 Å². The smallest absolute Gasteiger partial charge is 0.252 e. The fourth-order valence-electron chi connectivity index (χ4n) is 1.77. The number of carbonyl (C=O) groups is 1. The molecule has 2 nitrogen and oxygen atoms in total. The van der Waals surface area contributed by atoms with Crippen molar-refractivity contribution in [3.8, 4) is 0 Å². The van der Waals surface area contributed by atoms with Crippen LogP contribution in [0.1, 0.15) is 21.5 Å². The van der Waals surface area contributed by atoms with E-state index in [4.69, 9.17) is 11.6 Å². The van der Waals surface area contributed by atoms with Gasteiger partial charge in [0.25, 0.3) is 5.91 Å². The molecule has 0 radical (unpaired) electrons. The number of halogens is 3. The predicted molar refractivity (Wildman–Crippen MR) is 86.3 cm³/mol. The maximum Gasteiger partial charge on any atom is 0.252 e. The Bertz CT molecular complexity index is 633. The maximum absolute atomic E-state index is 13.0. The highest BCUT2D eigenvalue weighted by molar-refractivity contribution is 14.1. The molecule has 104 valence electrons. The Morgan fingerprint density at radius 3 is 2.65 bits per heavy atom. The van der Waals surface area contributed by atoms with E-state index in [9.17, 15) is 9.18 Å². The number of carbonyl (C=O) groups excluding carboxylic acids is 1. The molecular formula is C15H12ClFINO. The largest absolute Gasteiger partial charge is 0.348 e. The van der Waals surface area contributed by atoms with Crippen LogP contribution in [-0.2, 0) is 12.4 Å². The molecule has 2 aromatic carbocycles. The van der Waals surface area contributed by atoms with Crippen LogP contribution in [0.2, 0.25) is 0 Å². The molecule has 0 aliphatic carbocycles. The van der Waals surface area contributed by atoms with Crippen molar-refractivity contribution >= 4 is 40.1 Å². The number of alkyl halides is 1. The normalized spacial score (nSPS) is 10.3. The first-order valence-electron chi connectivity index (χ1n) is 5.97. The minimum atomic E-state index is -0.347. The molecule has 0 fully saturated rings. The van der Waals surface area contributed by atoms with Crippen LogP contribution in [-0.4, -0.2) is 5.91 Å². The van der Waals surface area contributed by atoms with Crippen LogP contribution in [0.25, 0.3) is 0 Å². The van der Waals surface area contributed by atoms with Crippen LogP contribution in [0.5, 0.6) is 0 Å². The van der Waals surface area contributed by atoms with Gasteiger partial charge in [0.15, 0.2) is 0 Å². The third-order valence-electron chi connectivity index (χ3n) is 2.77. The highest BCUT2D eigenvalue weighted by Crippen LogP contribution is 2.14. The fourth-order valence-corrected chi connectivity index (χ4v) is 2.66. The summed E-state index contributed by atoms with van der Waals surface area (Å²) in [5.41, 5.74) is 2.46. The average Bonchev–Trinajstić information content (AvgIpc) is 2.45. The summed E-state index contributed by atoms with van der Waals surface area (Å²) in [6.45, 7) is 0.414. The number of hydrogen-bond donors (Lipinski definition) is 1. The van der Waals surface area contributed by atoms with E-state index in [1.165, 1.54) is 18.2 Å². The van der Waals surface area contributed by atoms with Gasteiger partial charge in [-0.1, -0.05) is 24.3 Å². The van der Waals surface area contributed by atoms with Gasteiger partial charge in [-0.25, -0.2) is 4.39 Å². The third kappa shape index (κ3) is 3.93. The van der Waals surface area contributed by atoms with Crippen LogP contribution in [0.4, 0.5) is 4.39 Å². The number of nitrogens with one attached hydrogen (secondary N) is 1. The number of benzene rings is 2. The second-order valence-corrected chi connectivity index (χ2v) is 5.69. The van der Waals surface area contributed by atoms with Gasteiger partial charge in [-0.15, -0.1) is 11.6 Å². The Balaban J connectivity index is 2.04. The molecule has 2 aromatic rings.